The zero-order valence-corrected chi connectivity index (χ0v) is 12.2. The molecule has 0 aliphatic rings. The summed E-state index contributed by atoms with van der Waals surface area (Å²) in [4.78, 5) is 26.3. The fourth-order valence-corrected chi connectivity index (χ4v) is 2.15. The summed E-state index contributed by atoms with van der Waals surface area (Å²) < 4.78 is 1.58. The van der Waals surface area contributed by atoms with E-state index < -0.39 is 5.97 Å². The maximum Gasteiger partial charge on any atom is 0.356 e. The normalized spacial score (nSPS) is 10.4. The Kier molecular flexibility index (Phi) is 4.82. The number of carbonyl (C=O) groups excluding carboxylic acids is 1. The standard InChI is InChI=1S/C13H11Cl2N3O3/c14-8-1-2-9(10(15)5-8)12(19)16-3-4-18-6-11(13(20)21)17-7-18/h1-2,5-7H,3-4H2,(H,16,19)(H,20,21). The Balaban J connectivity index is 1.90. The molecule has 0 radical (unpaired) electrons. The summed E-state index contributed by atoms with van der Waals surface area (Å²) in [6.07, 6.45) is 2.79. The van der Waals surface area contributed by atoms with Crippen molar-refractivity contribution in [3.8, 4) is 0 Å². The third kappa shape index (κ3) is 3.96. The molecule has 2 aromatic rings. The van der Waals surface area contributed by atoms with Crippen LogP contribution in [0.4, 0.5) is 0 Å². The first kappa shape index (κ1) is 15.3. The summed E-state index contributed by atoms with van der Waals surface area (Å²) in [5, 5.41) is 12.2. The van der Waals surface area contributed by atoms with Gasteiger partial charge >= 0.3 is 5.97 Å². The minimum Gasteiger partial charge on any atom is -0.476 e. The summed E-state index contributed by atoms with van der Waals surface area (Å²) >= 11 is 11.7. The number of imidazole rings is 1. The Morgan fingerprint density at radius 3 is 2.71 bits per heavy atom. The monoisotopic (exact) mass is 327 g/mol. The topological polar surface area (TPSA) is 84.2 Å². The van der Waals surface area contributed by atoms with E-state index in [0.29, 0.717) is 23.7 Å². The number of carbonyl (C=O) groups is 2. The van der Waals surface area contributed by atoms with E-state index in [0.717, 1.165) is 0 Å². The van der Waals surface area contributed by atoms with E-state index in [4.69, 9.17) is 28.3 Å². The zero-order valence-electron chi connectivity index (χ0n) is 10.7. The van der Waals surface area contributed by atoms with Gasteiger partial charge in [0.2, 0.25) is 0 Å². The van der Waals surface area contributed by atoms with Gasteiger partial charge in [-0.05, 0) is 18.2 Å². The van der Waals surface area contributed by atoms with E-state index in [9.17, 15) is 9.59 Å². The lowest BCUT2D eigenvalue weighted by molar-refractivity contribution is 0.0690. The summed E-state index contributed by atoms with van der Waals surface area (Å²) in [7, 11) is 0. The molecule has 110 valence electrons. The second-order valence-electron chi connectivity index (χ2n) is 4.18. The molecule has 0 aliphatic carbocycles. The smallest absolute Gasteiger partial charge is 0.356 e. The number of nitrogens with one attached hydrogen (secondary N) is 1. The highest BCUT2D eigenvalue weighted by atomic mass is 35.5. The van der Waals surface area contributed by atoms with E-state index in [1.807, 2.05) is 0 Å². The van der Waals surface area contributed by atoms with Crippen LogP contribution >= 0.6 is 23.2 Å². The van der Waals surface area contributed by atoms with Crippen LogP contribution in [0.2, 0.25) is 10.0 Å². The predicted octanol–water partition coefficient (Wildman–Crippen LogP) is 2.32. The van der Waals surface area contributed by atoms with Crippen LogP contribution in [0.3, 0.4) is 0 Å². The maximum absolute atomic E-state index is 11.9. The predicted molar refractivity (Wildman–Crippen MR) is 78.0 cm³/mol. The number of benzene rings is 1. The Labute approximate surface area is 130 Å². The molecule has 2 N–H and O–H groups in total. The third-order valence-corrected chi connectivity index (χ3v) is 3.23. The van der Waals surface area contributed by atoms with Gasteiger partial charge in [0.15, 0.2) is 5.69 Å². The van der Waals surface area contributed by atoms with Crippen molar-refractivity contribution < 1.29 is 14.7 Å². The lowest BCUT2D eigenvalue weighted by Gasteiger charge is -2.07. The second-order valence-corrected chi connectivity index (χ2v) is 5.03. The molecule has 21 heavy (non-hydrogen) atoms. The first-order chi connectivity index (χ1) is 9.97. The molecule has 0 spiro atoms. The highest BCUT2D eigenvalue weighted by molar-refractivity contribution is 6.36. The minimum absolute atomic E-state index is 0.0397. The Hall–Kier alpha value is -2.05. The van der Waals surface area contributed by atoms with Crippen LogP contribution in [0.1, 0.15) is 20.8 Å². The number of hydrogen-bond donors (Lipinski definition) is 2. The zero-order chi connectivity index (χ0) is 15.4. The van der Waals surface area contributed by atoms with Gasteiger partial charge < -0.3 is 15.0 Å². The highest BCUT2D eigenvalue weighted by Crippen LogP contribution is 2.20. The molecule has 8 heteroatoms. The molecule has 0 saturated carbocycles. The van der Waals surface area contributed by atoms with Crippen LogP contribution in [-0.2, 0) is 6.54 Å². The number of carboxylic acid groups (broad SMARTS) is 1. The van der Waals surface area contributed by atoms with Crippen molar-refractivity contribution in [2.75, 3.05) is 6.54 Å². The van der Waals surface area contributed by atoms with Gasteiger partial charge in [-0.3, -0.25) is 4.79 Å². The number of carboxylic acids is 1. The van der Waals surface area contributed by atoms with Crippen molar-refractivity contribution in [2.45, 2.75) is 6.54 Å². The third-order valence-electron chi connectivity index (χ3n) is 2.68. The number of aromatic carboxylic acids is 1. The lowest BCUT2D eigenvalue weighted by Crippen LogP contribution is -2.27. The van der Waals surface area contributed by atoms with Crippen molar-refractivity contribution >= 4 is 35.1 Å². The molecule has 1 amide bonds. The fraction of sp³-hybridized carbons (Fsp3) is 0.154. The number of hydrogen-bond acceptors (Lipinski definition) is 3. The maximum atomic E-state index is 11.9. The van der Waals surface area contributed by atoms with Crippen molar-refractivity contribution in [2.24, 2.45) is 0 Å². The van der Waals surface area contributed by atoms with Crippen molar-refractivity contribution in [1.29, 1.82) is 0 Å². The van der Waals surface area contributed by atoms with Gasteiger partial charge in [-0.1, -0.05) is 23.2 Å². The van der Waals surface area contributed by atoms with Gasteiger partial charge in [-0.2, -0.15) is 0 Å². The van der Waals surface area contributed by atoms with Gasteiger partial charge in [0.25, 0.3) is 5.91 Å². The molecular formula is C13H11Cl2N3O3. The second kappa shape index (κ2) is 6.60. The molecule has 0 atom stereocenters. The average Bonchev–Trinajstić information content (AvgIpc) is 2.87. The van der Waals surface area contributed by atoms with Gasteiger partial charge in [0.1, 0.15) is 0 Å². The lowest BCUT2D eigenvalue weighted by atomic mass is 10.2. The number of nitrogens with zero attached hydrogens (tertiary/aromatic N) is 2. The van der Waals surface area contributed by atoms with Crippen LogP contribution in [-0.4, -0.2) is 33.1 Å². The van der Waals surface area contributed by atoms with Crippen molar-refractivity contribution in [1.82, 2.24) is 14.9 Å². The van der Waals surface area contributed by atoms with E-state index in [1.165, 1.54) is 18.6 Å². The van der Waals surface area contributed by atoms with Crippen LogP contribution in [0.25, 0.3) is 0 Å². The number of amides is 1. The molecule has 0 unspecified atom stereocenters. The van der Waals surface area contributed by atoms with Crippen LogP contribution in [0, 0.1) is 0 Å². The summed E-state index contributed by atoms with van der Waals surface area (Å²) in [6.45, 7) is 0.713. The van der Waals surface area contributed by atoms with Gasteiger partial charge in [0, 0.05) is 24.3 Å². The van der Waals surface area contributed by atoms with E-state index in [-0.39, 0.29) is 16.6 Å². The number of halogens is 2. The van der Waals surface area contributed by atoms with Crippen molar-refractivity contribution in [3.63, 3.8) is 0 Å². The van der Waals surface area contributed by atoms with Gasteiger partial charge in [-0.25, -0.2) is 9.78 Å². The number of rotatable bonds is 5. The Bertz CT molecular complexity index is 685. The molecule has 1 heterocycles. The first-order valence-electron chi connectivity index (χ1n) is 5.95. The van der Waals surface area contributed by atoms with Gasteiger partial charge in [-0.15, -0.1) is 0 Å². The summed E-state index contributed by atoms with van der Waals surface area (Å²) in [5.41, 5.74) is 0.292. The molecule has 0 fully saturated rings. The SMILES string of the molecule is O=C(O)c1cn(CCNC(=O)c2ccc(Cl)cc2Cl)cn1. The fourth-order valence-electron chi connectivity index (χ4n) is 1.66. The molecular weight excluding hydrogens is 317 g/mol. The molecule has 0 saturated heterocycles. The van der Waals surface area contributed by atoms with Crippen LogP contribution in [0.15, 0.2) is 30.7 Å². The van der Waals surface area contributed by atoms with Crippen LogP contribution < -0.4 is 5.32 Å². The van der Waals surface area contributed by atoms with E-state index in [1.54, 1.807) is 16.7 Å². The number of aromatic nitrogens is 2. The molecule has 1 aromatic heterocycles. The molecule has 2 rings (SSSR count). The molecule has 1 aromatic carbocycles. The molecule has 0 aliphatic heterocycles. The minimum atomic E-state index is -1.09. The van der Waals surface area contributed by atoms with E-state index >= 15 is 0 Å². The average molecular weight is 328 g/mol. The van der Waals surface area contributed by atoms with Crippen molar-refractivity contribution in [3.05, 3.63) is 52.0 Å². The summed E-state index contributed by atoms with van der Waals surface area (Å²) in [6, 6.07) is 4.62. The van der Waals surface area contributed by atoms with Crippen LogP contribution in [0.5, 0.6) is 0 Å². The first-order valence-corrected chi connectivity index (χ1v) is 6.71. The Morgan fingerprint density at radius 1 is 1.33 bits per heavy atom. The largest absolute Gasteiger partial charge is 0.476 e. The van der Waals surface area contributed by atoms with E-state index in [2.05, 4.69) is 10.3 Å². The highest BCUT2D eigenvalue weighted by Gasteiger charge is 2.10. The molecule has 6 nitrogen and oxygen atoms in total. The quantitative estimate of drug-likeness (QED) is 0.882. The van der Waals surface area contributed by atoms with Gasteiger partial charge in [0.05, 0.1) is 16.9 Å². The Morgan fingerprint density at radius 2 is 2.10 bits per heavy atom. The summed E-state index contributed by atoms with van der Waals surface area (Å²) in [5.74, 6) is -1.42. The molecule has 0 bridgehead atoms.